The van der Waals surface area contributed by atoms with E-state index in [9.17, 15) is 9.59 Å². The van der Waals surface area contributed by atoms with Crippen LogP contribution in [0.25, 0.3) is 0 Å². The van der Waals surface area contributed by atoms with E-state index in [2.05, 4.69) is 31.4 Å². The average Bonchev–Trinajstić information content (AvgIpc) is 3.43. The molecule has 1 aliphatic carbocycles. The van der Waals surface area contributed by atoms with Crippen LogP contribution in [0.3, 0.4) is 0 Å². The topological polar surface area (TPSA) is 58.2 Å². The van der Waals surface area contributed by atoms with E-state index >= 15 is 0 Å². The van der Waals surface area contributed by atoms with E-state index in [0.29, 0.717) is 6.42 Å². The monoisotopic (exact) mass is 364 g/mol. The zero-order chi connectivity index (χ0) is 19.6. The molecule has 142 valence electrons. The summed E-state index contributed by atoms with van der Waals surface area (Å²) in [6.07, 6.45) is 0.608. The highest BCUT2D eigenvalue weighted by Crippen LogP contribution is 2.40. The quantitative estimate of drug-likeness (QED) is 0.824. The third kappa shape index (κ3) is 4.57. The molecule has 2 aromatic carbocycles. The summed E-state index contributed by atoms with van der Waals surface area (Å²) < 4.78 is 0. The molecule has 3 unspecified atom stereocenters. The first-order chi connectivity index (χ1) is 12.8. The Morgan fingerprint density at radius 1 is 0.926 bits per heavy atom. The summed E-state index contributed by atoms with van der Waals surface area (Å²) >= 11 is 0. The molecular weight excluding hydrogens is 336 g/mol. The Morgan fingerprint density at radius 2 is 1.52 bits per heavy atom. The third-order valence-corrected chi connectivity index (χ3v) is 5.12. The van der Waals surface area contributed by atoms with Crippen LogP contribution in [0, 0.1) is 11.8 Å². The SMILES string of the molecule is CC(NC(=O)C1CC1C(=O)Nc1ccccc1C(C)(C)C)c1ccccc1. The molecule has 0 bridgehead atoms. The Morgan fingerprint density at radius 3 is 2.19 bits per heavy atom. The lowest BCUT2D eigenvalue weighted by Gasteiger charge is -2.23. The van der Waals surface area contributed by atoms with Gasteiger partial charge in [0.25, 0.3) is 0 Å². The van der Waals surface area contributed by atoms with Crippen molar-refractivity contribution in [2.24, 2.45) is 11.8 Å². The predicted octanol–water partition coefficient (Wildman–Crippen LogP) is 4.44. The molecule has 4 nitrogen and oxygen atoms in total. The Kier molecular flexibility index (Phi) is 5.36. The zero-order valence-electron chi connectivity index (χ0n) is 16.5. The number of carbonyl (C=O) groups excluding carboxylic acids is 2. The average molecular weight is 364 g/mol. The first kappa shape index (κ1) is 19.2. The molecule has 0 aliphatic heterocycles. The van der Waals surface area contributed by atoms with Crippen molar-refractivity contribution < 1.29 is 9.59 Å². The lowest BCUT2D eigenvalue weighted by molar-refractivity contribution is -0.125. The van der Waals surface area contributed by atoms with Crippen molar-refractivity contribution in [3.8, 4) is 0 Å². The Balaban J connectivity index is 1.59. The highest BCUT2D eigenvalue weighted by Gasteiger charge is 2.48. The maximum atomic E-state index is 12.6. The molecule has 1 fully saturated rings. The number of hydrogen-bond donors (Lipinski definition) is 2. The first-order valence-electron chi connectivity index (χ1n) is 9.53. The summed E-state index contributed by atoms with van der Waals surface area (Å²) in [6, 6.07) is 17.6. The second-order valence-electron chi connectivity index (χ2n) is 8.37. The van der Waals surface area contributed by atoms with E-state index in [-0.39, 0.29) is 35.1 Å². The summed E-state index contributed by atoms with van der Waals surface area (Å²) in [4.78, 5) is 25.1. The molecule has 1 aliphatic rings. The fraction of sp³-hybridized carbons (Fsp3) is 0.391. The van der Waals surface area contributed by atoms with Gasteiger partial charge in [-0.2, -0.15) is 0 Å². The summed E-state index contributed by atoms with van der Waals surface area (Å²) in [7, 11) is 0. The second-order valence-corrected chi connectivity index (χ2v) is 8.37. The van der Waals surface area contributed by atoms with E-state index in [4.69, 9.17) is 0 Å². The first-order valence-corrected chi connectivity index (χ1v) is 9.53. The van der Waals surface area contributed by atoms with Crippen LogP contribution in [0.4, 0.5) is 5.69 Å². The van der Waals surface area contributed by atoms with E-state index < -0.39 is 0 Å². The van der Waals surface area contributed by atoms with Gasteiger partial charge in [0.2, 0.25) is 11.8 Å². The van der Waals surface area contributed by atoms with E-state index in [1.165, 1.54) is 0 Å². The minimum absolute atomic E-state index is 0.0457. The fourth-order valence-electron chi connectivity index (χ4n) is 3.39. The summed E-state index contributed by atoms with van der Waals surface area (Å²) in [5.41, 5.74) is 2.93. The molecule has 2 N–H and O–H groups in total. The molecule has 4 heteroatoms. The molecule has 2 aromatic rings. The van der Waals surface area contributed by atoms with Gasteiger partial charge >= 0.3 is 0 Å². The normalized spacial score (nSPS) is 19.9. The van der Waals surface area contributed by atoms with Crippen molar-refractivity contribution in [1.29, 1.82) is 0 Å². The molecule has 0 spiro atoms. The number of nitrogens with one attached hydrogen (secondary N) is 2. The Bertz CT molecular complexity index is 824. The van der Waals surface area contributed by atoms with Gasteiger partial charge in [0, 0.05) is 5.69 Å². The van der Waals surface area contributed by atoms with Crippen LogP contribution in [-0.2, 0) is 15.0 Å². The molecule has 1 saturated carbocycles. The highest BCUT2D eigenvalue weighted by atomic mass is 16.2. The molecule has 3 rings (SSSR count). The molecule has 0 radical (unpaired) electrons. The summed E-state index contributed by atoms with van der Waals surface area (Å²) in [6.45, 7) is 8.33. The Labute approximate surface area is 161 Å². The van der Waals surface area contributed by atoms with Gasteiger partial charge in [-0.15, -0.1) is 0 Å². The van der Waals surface area contributed by atoms with Crippen LogP contribution in [0.5, 0.6) is 0 Å². The van der Waals surface area contributed by atoms with Crippen LogP contribution < -0.4 is 10.6 Å². The number of rotatable bonds is 5. The number of anilines is 1. The number of benzene rings is 2. The van der Waals surface area contributed by atoms with Gasteiger partial charge in [-0.25, -0.2) is 0 Å². The maximum Gasteiger partial charge on any atom is 0.228 e. The van der Waals surface area contributed by atoms with Crippen molar-refractivity contribution in [3.05, 3.63) is 65.7 Å². The fourth-order valence-corrected chi connectivity index (χ4v) is 3.39. The zero-order valence-corrected chi connectivity index (χ0v) is 16.5. The number of hydrogen-bond acceptors (Lipinski definition) is 2. The number of amides is 2. The predicted molar refractivity (Wildman–Crippen MR) is 108 cm³/mol. The molecule has 27 heavy (non-hydrogen) atoms. The largest absolute Gasteiger partial charge is 0.349 e. The van der Waals surface area contributed by atoms with Crippen LogP contribution in [0.1, 0.15) is 51.3 Å². The molecular formula is C23H28N2O2. The Hall–Kier alpha value is -2.62. The summed E-state index contributed by atoms with van der Waals surface area (Å²) in [5, 5.41) is 6.05. The molecule has 0 heterocycles. The van der Waals surface area contributed by atoms with Crippen LogP contribution in [0.2, 0.25) is 0 Å². The maximum absolute atomic E-state index is 12.6. The van der Waals surface area contributed by atoms with E-state index in [1.807, 2.05) is 61.5 Å². The molecule has 2 amide bonds. The molecule has 3 atom stereocenters. The lowest BCUT2D eigenvalue weighted by atomic mass is 9.86. The van der Waals surface area contributed by atoms with Crippen molar-refractivity contribution in [2.75, 3.05) is 5.32 Å². The number of carbonyl (C=O) groups is 2. The highest BCUT2D eigenvalue weighted by molar-refractivity contribution is 6.00. The smallest absolute Gasteiger partial charge is 0.228 e. The van der Waals surface area contributed by atoms with Crippen molar-refractivity contribution >= 4 is 17.5 Å². The van der Waals surface area contributed by atoms with Crippen LogP contribution >= 0.6 is 0 Å². The van der Waals surface area contributed by atoms with Gasteiger partial charge in [0.1, 0.15) is 0 Å². The van der Waals surface area contributed by atoms with Gasteiger partial charge in [-0.3, -0.25) is 9.59 Å². The summed E-state index contributed by atoms with van der Waals surface area (Å²) in [5.74, 6) is -0.603. The minimum Gasteiger partial charge on any atom is -0.349 e. The van der Waals surface area contributed by atoms with Crippen molar-refractivity contribution in [2.45, 2.75) is 45.6 Å². The van der Waals surface area contributed by atoms with E-state index in [1.54, 1.807) is 0 Å². The lowest BCUT2D eigenvalue weighted by Crippen LogP contribution is -2.30. The number of para-hydroxylation sites is 1. The van der Waals surface area contributed by atoms with Crippen molar-refractivity contribution in [3.63, 3.8) is 0 Å². The second kappa shape index (κ2) is 7.55. The minimum atomic E-state index is -0.249. The van der Waals surface area contributed by atoms with Crippen molar-refractivity contribution in [1.82, 2.24) is 5.32 Å². The van der Waals surface area contributed by atoms with Gasteiger partial charge < -0.3 is 10.6 Å². The van der Waals surface area contributed by atoms with Crippen LogP contribution in [0.15, 0.2) is 54.6 Å². The third-order valence-electron chi connectivity index (χ3n) is 5.12. The van der Waals surface area contributed by atoms with Gasteiger partial charge in [-0.1, -0.05) is 69.3 Å². The van der Waals surface area contributed by atoms with Crippen LogP contribution in [-0.4, -0.2) is 11.8 Å². The standard InChI is InChI=1S/C23H28N2O2/c1-15(16-10-6-5-7-11-16)24-21(26)17-14-18(17)22(27)25-20-13-9-8-12-19(20)23(2,3)4/h5-13,15,17-18H,14H2,1-4H3,(H,24,26)(H,25,27). The molecule has 0 aromatic heterocycles. The van der Waals surface area contributed by atoms with E-state index in [0.717, 1.165) is 16.8 Å². The van der Waals surface area contributed by atoms with Gasteiger partial charge in [0.05, 0.1) is 17.9 Å². The molecule has 0 saturated heterocycles. The van der Waals surface area contributed by atoms with Gasteiger partial charge in [-0.05, 0) is 36.0 Å². The van der Waals surface area contributed by atoms with Gasteiger partial charge in [0.15, 0.2) is 0 Å².